The molecular weight excluding hydrogens is 452 g/mol. The predicted octanol–water partition coefficient (Wildman–Crippen LogP) is 5.50. The summed E-state index contributed by atoms with van der Waals surface area (Å²) in [6.45, 7) is 3.78. The number of carbonyl (C=O) groups excluding carboxylic acids is 1. The number of aryl methyl sites for hydroxylation is 2. The van der Waals surface area contributed by atoms with Gasteiger partial charge in [0.2, 0.25) is 5.91 Å². The van der Waals surface area contributed by atoms with Gasteiger partial charge in [0, 0.05) is 21.5 Å². The number of hydrogen-bond donors (Lipinski definition) is 1. The molecule has 8 heteroatoms. The van der Waals surface area contributed by atoms with E-state index in [1.54, 1.807) is 11.3 Å². The first-order valence-electron chi connectivity index (χ1n) is 10.4. The van der Waals surface area contributed by atoms with Crippen molar-refractivity contribution in [1.82, 2.24) is 14.5 Å². The van der Waals surface area contributed by atoms with Crippen LogP contribution in [0.1, 0.15) is 10.6 Å². The predicted molar refractivity (Wildman–Crippen MR) is 135 cm³/mol. The zero-order valence-electron chi connectivity index (χ0n) is 18.0. The summed E-state index contributed by atoms with van der Waals surface area (Å²) in [5.74, 6) is -0.291. The Balaban J connectivity index is 1.39. The van der Waals surface area contributed by atoms with Gasteiger partial charge >= 0.3 is 0 Å². The van der Waals surface area contributed by atoms with E-state index in [1.807, 2.05) is 73.8 Å². The van der Waals surface area contributed by atoms with Gasteiger partial charge in [-0.3, -0.25) is 14.2 Å². The summed E-state index contributed by atoms with van der Waals surface area (Å²) < 4.78 is 1.36. The number of amides is 1. The number of nitrogens with zero attached hydrogens (tertiary/aromatic N) is 3. The van der Waals surface area contributed by atoms with Crippen LogP contribution in [0.15, 0.2) is 71.1 Å². The van der Waals surface area contributed by atoms with E-state index in [0.717, 1.165) is 32.3 Å². The number of thiophene rings is 1. The molecule has 5 aromatic rings. The molecule has 6 nitrogen and oxygen atoms in total. The lowest BCUT2D eigenvalue weighted by atomic mass is 10.1. The third kappa shape index (κ3) is 4.22. The first-order valence-corrected chi connectivity index (χ1v) is 12.1. The molecule has 0 unspecified atom stereocenters. The van der Waals surface area contributed by atoms with E-state index in [0.29, 0.717) is 15.9 Å². The summed E-state index contributed by atoms with van der Waals surface area (Å²) in [7, 11) is 0. The molecule has 33 heavy (non-hydrogen) atoms. The van der Waals surface area contributed by atoms with Crippen LogP contribution in [0.3, 0.4) is 0 Å². The highest BCUT2D eigenvalue weighted by molar-refractivity contribution is 7.22. The second kappa shape index (κ2) is 8.73. The standard InChI is InChI=1S/C25H20N4O2S2/c1-15-22-24(33-23(15)17-7-4-3-5-8-17)26-14-29(25(22)31)12-21(30)28-19-10-6-9-18(11-19)20-13-32-16(2)27-20/h3-11,13-14H,12H2,1-2H3,(H,28,30). The molecule has 0 aliphatic rings. The highest BCUT2D eigenvalue weighted by atomic mass is 32.1. The Kier molecular flexibility index (Phi) is 5.62. The molecule has 0 atom stereocenters. The fraction of sp³-hybridized carbons (Fsp3) is 0.120. The van der Waals surface area contributed by atoms with E-state index < -0.39 is 0 Å². The van der Waals surface area contributed by atoms with Crippen molar-refractivity contribution in [3.8, 4) is 21.7 Å². The van der Waals surface area contributed by atoms with Crippen LogP contribution in [0, 0.1) is 13.8 Å². The molecule has 3 heterocycles. The highest BCUT2D eigenvalue weighted by Crippen LogP contribution is 2.35. The van der Waals surface area contributed by atoms with Gasteiger partial charge in [-0.15, -0.1) is 22.7 Å². The molecule has 1 amide bonds. The highest BCUT2D eigenvalue weighted by Gasteiger charge is 2.17. The summed E-state index contributed by atoms with van der Waals surface area (Å²) >= 11 is 3.07. The lowest BCUT2D eigenvalue weighted by Gasteiger charge is -2.08. The van der Waals surface area contributed by atoms with Gasteiger partial charge in [0.1, 0.15) is 11.4 Å². The van der Waals surface area contributed by atoms with Gasteiger partial charge in [-0.2, -0.15) is 0 Å². The summed E-state index contributed by atoms with van der Waals surface area (Å²) in [6.07, 6.45) is 1.45. The van der Waals surface area contributed by atoms with Gasteiger partial charge in [0.05, 0.1) is 22.4 Å². The lowest BCUT2D eigenvalue weighted by molar-refractivity contribution is -0.116. The van der Waals surface area contributed by atoms with Gasteiger partial charge in [0.25, 0.3) is 5.56 Å². The number of carbonyl (C=O) groups is 1. The summed E-state index contributed by atoms with van der Waals surface area (Å²) in [5.41, 5.74) is 4.19. The largest absolute Gasteiger partial charge is 0.325 e. The van der Waals surface area contributed by atoms with Crippen molar-refractivity contribution in [2.24, 2.45) is 0 Å². The molecule has 0 fully saturated rings. The average Bonchev–Trinajstić information content (AvgIpc) is 3.40. The van der Waals surface area contributed by atoms with Crippen molar-refractivity contribution < 1.29 is 4.79 Å². The van der Waals surface area contributed by atoms with Crippen molar-refractivity contribution in [3.63, 3.8) is 0 Å². The monoisotopic (exact) mass is 472 g/mol. The van der Waals surface area contributed by atoms with E-state index in [9.17, 15) is 9.59 Å². The Labute approximate surface area is 198 Å². The maximum absolute atomic E-state index is 13.2. The Bertz CT molecular complexity index is 1530. The molecule has 0 aliphatic carbocycles. The number of hydrogen-bond acceptors (Lipinski definition) is 6. The van der Waals surface area contributed by atoms with E-state index in [-0.39, 0.29) is 18.0 Å². The molecule has 0 saturated carbocycles. The van der Waals surface area contributed by atoms with Gasteiger partial charge < -0.3 is 5.32 Å². The summed E-state index contributed by atoms with van der Waals surface area (Å²) in [5, 5.41) is 6.42. The minimum absolute atomic E-state index is 0.113. The molecule has 5 rings (SSSR count). The second-order valence-corrected chi connectivity index (χ2v) is 9.72. The van der Waals surface area contributed by atoms with E-state index in [4.69, 9.17) is 0 Å². The number of nitrogens with one attached hydrogen (secondary N) is 1. The van der Waals surface area contributed by atoms with Crippen molar-refractivity contribution in [2.75, 3.05) is 5.32 Å². The van der Waals surface area contributed by atoms with Crippen molar-refractivity contribution in [3.05, 3.63) is 87.2 Å². The van der Waals surface area contributed by atoms with Crippen LogP contribution >= 0.6 is 22.7 Å². The minimum atomic E-state index is -0.291. The molecule has 2 aromatic carbocycles. The molecular formula is C25H20N4O2S2. The maximum Gasteiger partial charge on any atom is 0.262 e. The van der Waals surface area contributed by atoms with E-state index in [2.05, 4.69) is 15.3 Å². The Morgan fingerprint density at radius 3 is 2.61 bits per heavy atom. The van der Waals surface area contributed by atoms with Crippen molar-refractivity contribution >= 4 is 44.5 Å². The van der Waals surface area contributed by atoms with Crippen LogP contribution in [0.2, 0.25) is 0 Å². The molecule has 3 aromatic heterocycles. The third-order valence-electron chi connectivity index (χ3n) is 5.33. The van der Waals surface area contributed by atoms with Gasteiger partial charge in [-0.05, 0) is 37.1 Å². The summed E-state index contributed by atoms with van der Waals surface area (Å²) in [6, 6.07) is 17.5. The molecule has 0 aliphatic heterocycles. The Morgan fingerprint density at radius 2 is 1.85 bits per heavy atom. The number of fused-ring (bicyclic) bond motifs is 1. The van der Waals surface area contributed by atoms with Crippen LogP contribution in [-0.2, 0) is 11.3 Å². The summed E-state index contributed by atoms with van der Waals surface area (Å²) in [4.78, 5) is 36.5. The van der Waals surface area contributed by atoms with Crippen LogP contribution < -0.4 is 10.9 Å². The molecule has 0 radical (unpaired) electrons. The topological polar surface area (TPSA) is 76.9 Å². The van der Waals surface area contributed by atoms with E-state index in [1.165, 1.54) is 22.2 Å². The number of thiazole rings is 1. The molecule has 0 saturated heterocycles. The van der Waals surface area contributed by atoms with Crippen LogP contribution in [0.5, 0.6) is 0 Å². The Morgan fingerprint density at radius 1 is 1.06 bits per heavy atom. The quantitative estimate of drug-likeness (QED) is 0.366. The maximum atomic E-state index is 13.2. The number of aromatic nitrogens is 3. The SMILES string of the molecule is Cc1nc(-c2cccc(NC(=O)Cn3cnc4sc(-c5ccccc5)c(C)c4c3=O)c2)cs1. The fourth-order valence-electron chi connectivity index (χ4n) is 3.74. The molecule has 164 valence electrons. The number of anilines is 1. The smallest absolute Gasteiger partial charge is 0.262 e. The first-order chi connectivity index (χ1) is 16.0. The number of benzene rings is 2. The molecule has 0 bridgehead atoms. The third-order valence-corrected chi connectivity index (χ3v) is 7.35. The average molecular weight is 473 g/mol. The molecule has 0 spiro atoms. The normalized spacial score (nSPS) is 11.1. The molecule has 1 N–H and O–H groups in total. The van der Waals surface area contributed by atoms with Crippen LogP contribution in [-0.4, -0.2) is 20.4 Å². The van der Waals surface area contributed by atoms with Crippen LogP contribution in [0.4, 0.5) is 5.69 Å². The number of rotatable bonds is 5. The zero-order chi connectivity index (χ0) is 22.9. The van der Waals surface area contributed by atoms with Gasteiger partial charge in [0.15, 0.2) is 0 Å². The second-order valence-electron chi connectivity index (χ2n) is 7.66. The van der Waals surface area contributed by atoms with Crippen LogP contribution in [0.25, 0.3) is 31.9 Å². The first kappa shape index (κ1) is 21.2. The lowest BCUT2D eigenvalue weighted by Crippen LogP contribution is -2.27. The van der Waals surface area contributed by atoms with Gasteiger partial charge in [-0.1, -0.05) is 42.5 Å². The van der Waals surface area contributed by atoms with Crippen molar-refractivity contribution in [2.45, 2.75) is 20.4 Å². The fourth-order valence-corrected chi connectivity index (χ4v) is 5.51. The van der Waals surface area contributed by atoms with Gasteiger partial charge in [-0.25, -0.2) is 9.97 Å². The van der Waals surface area contributed by atoms with Crippen molar-refractivity contribution in [1.29, 1.82) is 0 Å². The minimum Gasteiger partial charge on any atom is -0.325 e. The van der Waals surface area contributed by atoms with E-state index >= 15 is 0 Å². The Hall–Kier alpha value is -3.62. The zero-order valence-corrected chi connectivity index (χ0v) is 19.7.